The third-order valence-corrected chi connectivity index (χ3v) is 4.39. The maximum atomic E-state index is 11.7. The standard InChI is InChI=1S/C15H18O5.C9H9N/c1-15(10-19-14(17)20-11-15)9-18-13(16)8-7-12-5-3-2-4-6-12;10-8-4-7-9-5-2-1-3-6-9/h2-6H,7-11H2,1H3;1-3,5-6H,4,7H2/i;4T. The molecule has 1 aliphatic heterocycles. The topological polar surface area (TPSA) is 85.6 Å². The predicted octanol–water partition coefficient (Wildman–Crippen LogP) is 4.48. The van der Waals surface area contributed by atoms with Crippen molar-refractivity contribution in [1.82, 2.24) is 0 Å². The average molecular weight is 411 g/mol. The number of esters is 1. The van der Waals surface area contributed by atoms with Gasteiger partial charge >= 0.3 is 12.1 Å². The van der Waals surface area contributed by atoms with E-state index in [1.54, 1.807) is 0 Å². The monoisotopic (exact) mass is 411 g/mol. The van der Waals surface area contributed by atoms with Crippen molar-refractivity contribution < 1.29 is 25.2 Å². The van der Waals surface area contributed by atoms with Crippen LogP contribution in [-0.2, 0) is 31.8 Å². The Morgan fingerprint density at radius 3 is 2.13 bits per heavy atom. The summed E-state index contributed by atoms with van der Waals surface area (Å²) in [5, 5.41) is 8.36. The van der Waals surface area contributed by atoms with E-state index in [9.17, 15) is 9.59 Å². The lowest BCUT2D eigenvalue weighted by molar-refractivity contribution is -0.152. The Morgan fingerprint density at radius 2 is 1.60 bits per heavy atom. The minimum Gasteiger partial charge on any atom is -0.465 e. The zero-order chi connectivity index (χ0) is 22.5. The van der Waals surface area contributed by atoms with Crippen LogP contribution in [-0.4, -0.2) is 31.9 Å². The Bertz CT molecular complexity index is 857. The SMILES string of the molecule is CC1(COC(=O)CCc2ccccc2)COC(=O)OC1.[3H]C(C#N)Cc1ccccc1. The number of nitrogens with zero attached hydrogens (tertiary/aromatic N) is 1. The molecule has 6 nitrogen and oxygen atoms in total. The summed E-state index contributed by atoms with van der Waals surface area (Å²) in [6.07, 6.45) is 0.218. The van der Waals surface area contributed by atoms with Crippen LogP contribution in [0.1, 0.15) is 32.2 Å². The molecule has 0 aliphatic carbocycles. The molecule has 2 aromatic rings. The normalized spacial score (nSPS) is 15.7. The number of nitriles is 1. The Balaban J connectivity index is 0.000000262. The van der Waals surface area contributed by atoms with Crippen LogP contribution in [0, 0.1) is 16.7 Å². The molecule has 0 radical (unpaired) electrons. The molecule has 1 atom stereocenters. The van der Waals surface area contributed by atoms with Crippen LogP contribution in [0.2, 0.25) is 0 Å². The number of aryl methyl sites for hydroxylation is 2. The molecule has 0 saturated carbocycles. The van der Waals surface area contributed by atoms with Crippen molar-refractivity contribution in [3.8, 4) is 6.07 Å². The molecule has 6 heteroatoms. The third kappa shape index (κ3) is 8.78. The highest BCUT2D eigenvalue weighted by Crippen LogP contribution is 2.22. The number of cyclic esters (lactones) is 2. The van der Waals surface area contributed by atoms with E-state index in [1.807, 2.05) is 73.7 Å². The number of carbonyl (C=O) groups is 2. The van der Waals surface area contributed by atoms with Gasteiger partial charge in [-0.1, -0.05) is 60.7 Å². The molecule has 2 aromatic carbocycles. The van der Waals surface area contributed by atoms with Crippen LogP contribution in [0.3, 0.4) is 0 Å². The molecule has 0 N–H and O–H groups in total. The molecule has 0 amide bonds. The van der Waals surface area contributed by atoms with Gasteiger partial charge in [0.15, 0.2) is 0 Å². The smallest absolute Gasteiger partial charge is 0.465 e. The first-order valence-electron chi connectivity index (χ1n) is 10.3. The van der Waals surface area contributed by atoms with Crippen LogP contribution < -0.4 is 0 Å². The van der Waals surface area contributed by atoms with E-state index < -0.39 is 18.0 Å². The number of rotatable bonds is 7. The van der Waals surface area contributed by atoms with Gasteiger partial charge in [-0.05, 0) is 30.9 Å². The fourth-order valence-corrected chi connectivity index (χ4v) is 2.63. The molecule has 3 rings (SSSR count). The van der Waals surface area contributed by atoms with Gasteiger partial charge in [-0.3, -0.25) is 4.79 Å². The van der Waals surface area contributed by atoms with E-state index in [2.05, 4.69) is 0 Å². The lowest BCUT2D eigenvalue weighted by atomic mass is 9.94. The van der Waals surface area contributed by atoms with Crippen LogP contribution >= 0.6 is 0 Å². The fourth-order valence-electron chi connectivity index (χ4n) is 2.63. The van der Waals surface area contributed by atoms with Gasteiger partial charge in [-0.2, -0.15) is 5.26 Å². The van der Waals surface area contributed by atoms with Crippen molar-refractivity contribution in [2.75, 3.05) is 19.8 Å². The molecule has 0 spiro atoms. The highest BCUT2D eigenvalue weighted by Gasteiger charge is 2.34. The number of hydrogen-bond donors (Lipinski definition) is 0. The quantitative estimate of drug-likeness (QED) is 0.625. The number of ether oxygens (including phenoxy) is 3. The zero-order valence-electron chi connectivity index (χ0n) is 18.1. The van der Waals surface area contributed by atoms with Crippen molar-refractivity contribution in [2.24, 2.45) is 5.41 Å². The summed E-state index contributed by atoms with van der Waals surface area (Å²) < 4.78 is 22.0. The van der Waals surface area contributed by atoms with Crippen molar-refractivity contribution in [2.45, 2.75) is 32.6 Å². The van der Waals surface area contributed by atoms with E-state index in [0.717, 1.165) is 11.1 Å². The molecule has 0 bridgehead atoms. The van der Waals surface area contributed by atoms with Gasteiger partial charge in [0.1, 0.15) is 19.8 Å². The van der Waals surface area contributed by atoms with Crippen LogP contribution in [0.4, 0.5) is 4.79 Å². The molecule has 30 heavy (non-hydrogen) atoms. The van der Waals surface area contributed by atoms with Gasteiger partial charge in [0.05, 0.1) is 11.5 Å². The molecule has 1 saturated heterocycles. The summed E-state index contributed by atoms with van der Waals surface area (Å²) in [6, 6.07) is 21.3. The predicted molar refractivity (Wildman–Crippen MR) is 112 cm³/mol. The summed E-state index contributed by atoms with van der Waals surface area (Å²) in [5.41, 5.74) is 1.69. The minimum atomic E-state index is -0.669. The molecular weight excluding hydrogens is 382 g/mol. The summed E-state index contributed by atoms with van der Waals surface area (Å²) in [5.74, 6) is -0.257. The van der Waals surface area contributed by atoms with Crippen molar-refractivity contribution >= 4 is 12.1 Å². The van der Waals surface area contributed by atoms with E-state index in [0.29, 0.717) is 19.3 Å². The van der Waals surface area contributed by atoms with E-state index >= 15 is 0 Å². The van der Waals surface area contributed by atoms with Crippen LogP contribution in [0.25, 0.3) is 0 Å². The van der Waals surface area contributed by atoms with Gasteiger partial charge < -0.3 is 14.2 Å². The molecule has 0 aromatic heterocycles. The second-order valence-electron chi connectivity index (χ2n) is 7.31. The van der Waals surface area contributed by atoms with E-state index in [1.165, 1.54) is 0 Å². The maximum absolute atomic E-state index is 11.7. The number of benzene rings is 2. The van der Waals surface area contributed by atoms with Crippen molar-refractivity contribution in [3.05, 3.63) is 71.8 Å². The molecule has 1 aliphatic rings. The second kappa shape index (κ2) is 12.3. The van der Waals surface area contributed by atoms with Gasteiger partial charge in [-0.25, -0.2) is 4.79 Å². The summed E-state index contributed by atoms with van der Waals surface area (Å²) in [6.45, 7) is 2.45. The van der Waals surface area contributed by atoms with Crippen molar-refractivity contribution in [3.63, 3.8) is 0 Å². The van der Waals surface area contributed by atoms with Gasteiger partial charge in [0.2, 0.25) is 0 Å². The minimum absolute atomic E-state index is 0.188. The largest absolute Gasteiger partial charge is 0.508 e. The Morgan fingerprint density at radius 1 is 1.07 bits per heavy atom. The molecule has 158 valence electrons. The Kier molecular flexibility index (Phi) is 8.75. The Labute approximate surface area is 178 Å². The molecular formula is C24H27NO5. The summed E-state index contributed by atoms with van der Waals surface area (Å²) in [7, 11) is 0. The van der Waals surface area contributed by atoms with Crippen molar-refractivity contribution in [1.29, 1.82) is 5.26 Å². The van der Waals surface area contributed by atoms with E-state index in [-0.39, 0.29) is 25.8 Å². The summed E-state index contributed by atoms with van der Waals surface area (Å²) >= 11 is 0. The molecule has 1 unspecified atom stereocenters. The first-order chi connectivity index (χ1) is 14.9. The third-order valence-electron chi connectivity index (χ3n) is 4.39. The van der Waals surface area contributed by atoms with Gasteiger partial charge in [-0.15, -0.1) is 0 Å². The molecule has 1 heterocycles. The number of carbonyl (C=O) groups excluding carboxylic acids is 2. The Hall–Kier alpha value is -3.33. The first-order valence-corrected chi connectivity index (χ1v) is 9.75. The van der Waals surface area contributed by atoms with Gasteiger partial charge in [0.25, 0.3) is 0 Å². The van der Waals surface area contributed by atoms with Gasteiger partial charge in [0, 0.05) is 14.2 Å². The molecule has 1 fully saturated rings. The summed E-state index contributed by atoms with van der Waals surface area (Å²) in [4.78, 5) is 22.5. The second-order valence-corrected chi connectivity index (χ2v) is 7.31. The zero-order valence-corrected chi connectivity index (χ0v) is 17.1. The number of hydrogen-bond acceptors (Lipinski definition) is 6. The fraction of sp³-hybridized carbons (Fsp3) is 0.375. The van der Waals surface area contributed by atoms with E-state index in [4.69, 9.17) is 20.8 Å². The maximum Gasteiger partial charge on any atom is 0.508 e. The lowest BCUT2D eigenvalue weighted by Crippen LogP contribution is -2.41. The average Bonchev–Trinajstić information content (AvgIpc) is 2.80. The highest BCUT2D eigenvalue weighted by atomic mass is 16.7. The highest BCUT2D eigenvalue weighted by molar-refractivity contribution is 5.69. The lowest BCUT2D eigenvalue weighted by Gasteiger charge is -2.31. The van der Waals surface area contributed by atoms with Crippen LogP contribution in [0.5, 0.6) is 0 Å². The first kappa shape index (κ1) is 21.4. The van der Waals surface area contributed by atoms with Crippen LogP contribution in [0.15, 0.2) is 60.7 Å².